The van der Waals surface area contributed by atoms with Crippen LogP contribution < -0.4 is 44.4 Å². The first-order valence-electron chi connectivity index (χ1n) is 48.2. The quantitative estimate of drug-likeness (QED) is 0.0756. The number of carbonyl (C=O) groups excluding carboxylic acids is 9. The van der Waals surface area contributed by atoms with Crippen LogP contribution in [0.25, 0.3) is 33.1 Å². The van der Waals surface area contributed by atoms with Gasteiger partial charge in [-0.3, -0.25) is 14.4 Å². The Morgan fingerprint density at radius 1 is 0.423 bits per heavy atom. The van der Waals surface area contributed by atoms with Crippen molar-refractivity contribution in [3.05, 3.63) is 71.7 Å². The van der Waals surface area contributed by atoms with Crippen molar-refractivity contribution in [1.29, 1.82) is 0 Å². The number of aromatic nitrogens is 6. The molecule has 2 unspecified atom stereocenters. The number of halogens is 2. The summed E-state index contributed by atoms with van der Waals surface area (Å²) in [6.07, 6.45) is 19.1. The zero-order valence-electron chi connectivity index (χ0n) is 79.5. The zero-order valence-corrected chi connectivity index (χ0v) is 83.7. The van der Waals surface area contributed by atoms with Crippen LogP contribution in [0.5, 0.6) is 34.9 Å². The van der Waals surface area contributed by atoms with E-state index >= 15 is 8.78 Å². The summed E-state index contributed by atoms with van der Waals surface area (Å²) in [5, 5.41) is 8.60. The van der Waals surface area contributed by atoms with E-state index in [1.165, 1.54) is 28.2 Å². The fourth-order valence-corrected chi connectivity index (χ4v) is 22.6. The summed E-state index contributed by atoms with van der Waals surface area (Å²) in [5.41, 5.74) is 1.73. The van der Waals surface area contributed by atoms with Crippen molar-refractivity contribution in [2.45, 2.75) is 274 Å². The molecule has 12 heterocycles. The zero-order chi connectivity index (χ0) is 94.3. The fraction of sp³-hybridized carbons (Fsp3) is 0.667. The number of alkyl halides is 2. The number of carbonyl (C=O) groups is 6. The molecule has 4 saturated carbocycles. The Hall–Kier alpha value is -8.80. The number of nitrogens with one attached hydrogen (secondary N) is 3. The van der Waals surface area contributed by atoms with Crippen molar-refractivity contribution < 1.29 is 169 Å². The molecule has 3 radical (unpaired) electrons. The number of hydrogen-bond acceptors (Lipinski definition) is 27. The van der Waals surface area contributed by atoms with Crippen molar-refractivity contribution >= 4 is 88.0 Å². The minimum absolute atomic E-state index is 0. The number of alkyl carbamates (subject to hydrolysis) is 3. The van der Waals surface area contributed by atoms with Crippen LogP contribution in [0, 0.1) is 63.6 Å². The number of hydrogen-bond donors (Lipinski definition) is 3. The maximum Gasteiger partial charge on any atom is 0.408 e. The number of amides is 6. The van der Waals surface area contributed by atoms with Crippen LogP contribution in [0.15, 0.2) is 54.6 Å². The third-order valence-corrected chi connectivity index (χ3v) is 31.0. The second-order valence-corrected chi connectivity index (χ2v) is 40.3. The minimum atomic E-state index is -3.36. The SMILES string of the molecule is CC[C@@H]1[C@@H]2CN(C(=O)[C@H](C3(C)COC3)NC(=O)O[C@@H]3CC4CC4[C@H]3CCCCCc3nc4ccc(OC)cc4nc3O2)[C@@H]1[C-]=O.CC[C@@H]1[C@@H]2CN(C(=O)[C@H](C3(C)COC3)NC(=O)O[C@@H]3C[C@H]3CCCCC(F)(F)c3nc4ccc(OC)cc4nc3O2)[C@@H]1[C-]=O.CC[C@@H]1[C@@H]2CN(C(=O)[C@H](C3(C)COC3)NC(=O)O[C@]3(C)CCC[C@H]3CCCCCc3nc4ccc(OC)cc4nc3O2)[C@@H]1[C-]=O.[HH].[HH].[HH].[V].[V].[V]. The molecule has 3 N–H and O–H groups in total. The summed E-state index contributed by atoms with van der Waals surface area (Å²) in [4.78, 5) is 153. The molecule has 6 amide bonds. The Bertz CT molecular complexity index is 5300. The van der Waals surface area contributed by atoms with Crippen molar-refractivity contribution in [2.24, 2.45) is 63.6 Å². The Morgan fingerprint density at radius 2 is 0.818 bits per heavy atom. The smallest absolute Gasteiger partial charge is 0.408 e. The third-order valence-electron chi connectivity index (χ3n) is 31.0. The maximum absolute atomic E-state index is 15.9. The molecule has 3 aromatic carbocycles. The van der Waals surface area contributed by atoms with E-state index < -0.39 is 125 Å². The largest absolute Gasteiger partial charge is 0.540 e. The van der Waals surface area contributed by atoms with E-state index in [4.69, 9.17) is 76.8 Å². The van der Waals surface area contributed by atoms with E-state index in [2.05, 4.69) is 38.5 Å². The van der Waals surface area contributed by atoms with Crippen molar-refractivity contribution in [3.63, 3.8) is 0 Å². The standard InChI is InChI=1S/C34H43N4O7.C34H45N4O7.C31H37F2N4O7.3V.3H2/c1-4-21-27(16-39)38-15-29(21)44-31-25(35-24-11-10-20(42-3)14-26(24)36-31)9-7-5-6-8-22-23-12-19(23)13-28(22)45-33(41)37-30(32(38)40)34(2)17-43-18-34;1-5-23-27(18-39)38-17-28(23)44-30-25(35-24-14-13-22(42-4)16-26(24)36-30)12-8-6-7-10-21-11-9-15-34(21,3)45-32(41)37-29(31(38)40)33(2)19-43-20-33;1-4-19-22(14-38)37-13-24(19)43-27-25(34-20-9-8-18(41-3)12-21(20)35-27)31(32,33)10-6-5-7-17-11-23(17)44-29(40)36-26(28(37)39)30(2)15-42-16-30;;;;;;/h10-11,14,19,21-23,27-30H,4-9,12-13,15,17-18H2,1-3H3,(H,37,41);13-14,16,21,23,27-29H,5-12,15,17,19-20H2,1-4H3,(H,37,41);8-9,12,17,19,22-24,26H,4-7,10-11,13,15-16H2,1-3H3,(H,36,40);;;;3*1H/q3*-1;;;;;;/t19?,21-,22+,23?,27+,28+,29-,30+;21-,23+,27-,28+,29-,34-;17-,19+,22-,23-,24+,26-;;;;;;/m011....../s1. The van der Waals surface area contributed by atoms with Gasteiger partial charge in [0.2, 0.25) is 35.4 Å². The number of aryl methyl sites for hydroxylation is 2. The Kier molecular flexibility index (Phi) is 33.2. The van der Waals surface area contributed by atoms with E-state index in [1.54, 1.807) is 32.4 Å². The molecule has 6 aromatic rings. The van der Waals surface area contributed by atoms with Gasteiger partial charge in [-0.25, -0.2) is 63.1 Å². The van der Waals surface area contributed by atoms with E-state index in [9.17, 15) is 43.2 Å². The molecule has 9 aliphatic heterocycles. The second kappa shape index (κ2) is 43.7. The van der Waals surface area contributed by atoms with Gasteiger partial charge in [0, 0.05) is 101 Å². The first kappa shape index (κ1) is 104. The second-order valence-electron chi connectivity index (χ2n) is 40.3. The molecule has 745 valence electrons. The predicted molar refractivity (Wildman–Crippen MR) is 488 cm³/mol. The number of ether oxygens (including phenoxy) is 12. The van der Waals surface area contributed by atoms with Crippen LogP contribution in [0.3, 0.4) is 0 Å². The van der Waals surface area contributed by atoms with Gasteiger partial charge in [-0.05, 0) is 181 Å². The maximum atomic E-state index is 15.9. The molecule has 38 heteroatoms. The van der Waals surface area contributed by atoms with Gasteiger partial charge in [-0.1, -0.05) is 111 Å². The molecule has 6 saturated heterocycles. The molecule has 0 spiro atoms. The summed E-state index contributed by atoms with van der Waals surface area (Å²) in [5.74, 6) is -1.60. The van der Waals surface area contributed by atoms with Gasteiger partial charge >= 0.3 is 18.3 Å². The monoisotopic (exact) mass is 2010 g/mol. The molecule has 10 fully saturated rings. The van der Waals surface area contributed by atoms with E-state index in [0.717, 1.165) is 99.5 Å². The van der Waals surface area contributed by atoms with E-state index in [0.29, 0.717) is 141 Å². The van der Waals surface area contributed by atoms with E-state index in [1.807, 2.05) is 91.2 Å². The van der Waals surface area contributed by atoms with Crippen molar-refractivity contribution in [1.82, 2.24) is 60.6 Å². The molecule has 6 bridgehead atoms. The van der Waals surface area contributed by atoms with Gasteiger partial charge < -0.3 is 102 Å². The number of fused-ring (bicyclic) bond motifs is 17. The van der Waals surface area contributed by atoms with Crippen molar-refractivity contribution in [3.8, 4) is 34.9 Å². The molecule has 137 heavy (non-hydrogen) atoms. The van der Waals surface area contributed by atoms with Crippen LogP contribution in [-0.2, 0) is 132 Å². The molecule has 4 aliphatic carbocycles. The van der Waals surface area contributed by atoms with Gasteiger partial charge in [0.05, 0.1) is 114 Å². The fourth-order valence-electron chi connectivity index (χ4n) is 22.6. The van der Waals surface area contributed by atoms with Gasteiger partial charge in [-0.2, -0.15) is 8.78 Å². The molecular weight excluding hydrogens is 1880 g/mol. The summed E-state index contributed by atoms with van der Waals surface area (Å²) >= 11 is 0. The van der Waals surface area contributed by atoms with Crippen LogP contribution in [0.4, 0.5) is 23.2 Å². The molecule has 20 atom stereocenters. The minimum Gasteiger partial charge on any atom is -0.540 e. The topological polar surface area (TPSA) is 388 Å². The Labute approximate surface area is 837 Å². The summed E-state index contributed by atoms with van der Waals surface area (Å²) < 4.78 is 102. The third kappa shape index (κ3) is 21.8. The summed E-state index contributed by atoms with van der Waals surface area (Å²) in [6.45, 7) is 15.4. The van der Waals surface area contributed by atoms with Crippen LogP contribution in [0.1, 0.15) is 205 Å². The van der Waals surface area contributed by atoms with E-state index in [-0.39, 0.29) is 158 Å². The average molecular weight is 2020 g/mol. The summed E-state index contributed by atoms with van der Waals surface area (Å²) in [7, 11) is 4.71. The van der Waals surface area contributed by atoms with Crippen LogP contribution in [0.2, 0.25) is 0 Å². The first-order valence-corrected chi connectivity index (χ1v) is 48.2. The average Bonchev–Trinajstić information content (AvgIpc) is 0.945. The van der Waals surface area contributed by atoms with Gasteiger partial charge in [0.25, 0.3) is 5.92 Å². The first-order chi connectivity index (χ1) is 64.5. The van der Waals surface area contributed by atoms with Crippen molar-refractivity contribution in [2.75, 3.05) is 80.6 Å². The van der Waals surface area contributed by atoms with Gasteiger partial charge in [0.1, 0.15) is 82.9 Å². The number of methoxy groups -OCH3 is 3. The molecule has 19 rings (SSSR count). The molecule has 33 nitrogen and oxygen atoms in total. The number of benzene rings is 3. The van der Waals surface area contributed by atoms with Gasteiger partial charge in [-0.15, -0.1) is 0 Å². The number of nitrogens with zero attached hydrogens (tertiary/aromatic N) is 9. The van der Waals surface area contributed by atoms with Crippen LogP contribution >= 0.6 is 0 Å². The Balaban J connectivity index is 0.000000197. The predicted octanol–water partition coefficient (Wildman–Crippen LogP) is 13.2. The van der Waals surface area contributed by atoms with Gasteiger partial charge in [0.15, 0.2) is 5.69 Å². The number of rotatable bonds is 12. The normalized spacial score (nSPS) is 32.1. The Morgan fingerprint density at radius 3 is 1.24 bits per heavy atom. The molecule has 13 aliphatic rings. The molecular formula is C99H131F2N12O21V3-3. The molecule has 3 aromatic heterocycles. The van der Waals surface area contributed by atoms with Crippen LogP contribution in [-0.4, -0.2) is 252 Å². The summed E-state index contributed by atoms with van der Waals surface area (Å²) in [6, 6.07) is 10.4.